The summed E-state index contributed by atoms with van der Waals surface area (Å²) in [5.41, 5.74) is 1.00. The number of aliphatic imine (C=N–C) groups is 1. The lowest BCUT2D eigenvalue weighted by atomic mass is 10.1. The Kier molecular flexibility index (Phi) is 5.87. The lowest BCUT2D eigenvalue weighted by molar-refractivity contribution is 0.168. The van der Waals surface area contributed by atoms with Crippen molar-refractivity contribution in [2.75, 3.05) is 52.5 Å². The smallest absolute Gasteiger partial charge is 0.194 e. The third-order valence-electron chi connectivity index (χ3n) is 4.41. The quantitative estimate of drug-likeness (QED) is 0.639. The van der Waals surface area contributed by atoms with E-state index < -0.39 is 0 Å². The van der Waals surface area contributed by atoms with E-state index in [9.17, 15) is 0 Å². The van der Waals surface area contributed by atoms with E-state index in [4.69, 9.17) is 14.3 Å². The normalized spacial score (nSPS) is 23.4. The standard InChI is InChI=1S/C16H27N5O2/c1-2-17-16(18-11-14-3-9-22-13-14)21-7-5-20(6-8-21)12-15-4-10-23-19-15/h4,10,14H,2-3,5-9,11-13H2,1H3,(H,17,18). The topological polar surface area (TPSA) is 66.1 Å². The molecule has 7 heteroatoms. The number of rotatable bonds is 5. The average molecular weight is 321 g/mol. The fraction of sp³-hybridized carbons (Fsp3) is 0.750. The zero-order valence-corrected chi connectivity index (χ0v) is 13.9. The molecule has 1 aromatic rings. The number of ether oxygens (including phenoxy) is 1. The van der Waals surface area contributed by atoms with Crippen LogP contribution < -0.4 is 5.32 Å². The van der Waals surface area contributed by atoms with Crippen molar-refractivity contribution in [2.45, 2.75) is 19.9 Å². The summed E-state index contributed by atoms with van der Waals surface area (Å²) in [6, 6.07) is 1.93. The summed E-state index contributed by atoms with van der Waals surface area (Å²) in [5.74, 6) is 1.62. The largest absolute Gasteiger partial charge is 0.381 e. The molecule has 23 heavy (non-hydrogen) atoms. The molecular weight excluding hydrogens is 294 g/mol. The van der Waals surface area contributed by atoms with Crippen molar-refractivity contribution in [3.63, 3.8) is 0 Å². The lowest BCUT2D eigenvalue weighted by Crippen LogP contribution is -2.52. The zero-order valence-electron chi connectivity index (χ0n) is 13.9. The van der Waals surface area contributed by atoms with E-state index >= 15 is 0 Å². The Morgan fingerprint density at radius 1 is 1.39 bits per heavy atom. The highest BCUT2D eigenvalue weighted by Gasteiger charge is 2.21. The van der Waals surface area contributed by atoms with Gasteiger partial charge in [-0.3, -0.25) is 9.89 Å². The van der Waals surface area contributed by atoms with Gasteiger partial charge in [-0.25, -0.2) is 0 Å². The van der Waals surface area contributed by atoms with E-state index in [0.29, 0.717) is 5.92 Å². The molecule has 0 saturated carbocycles. The monoisotopic (exact) mass is 321 g/mol. The maximum Gasteiger partial charge on any atom is 0.194 e. The molecule has 1 aromatic heterocycles. The highest BCUT2D eigenvalue weighted by molar-refractivity contribution is 5.80. The van der Waals surface area contributed by atoms with Crippen molar-refractivity contribution in [2.24, 2.45) is 10.9 Å². The Labute approximate surface area is 137 Å². The maximum absolute atomic E-state index is 5.44. The van der Waals surface area contributed by atoms with Gasteiger partial charge >= 0.3 is 0 Å². The van der Waals surface area contributed by atoms with E-state index in [1.807, 2.05) is 6.07 Å². The van der Waals surface area contributed by atoms with Crippen LogP contribution in [0, 0.1) is 5.92 Å². The van der Waals surface area contributed by atoms with Gasteiger partial charge in [0, 0.05) is 64.4 Å². The van der Waals surface area contributed by atoms with Gasteiger partial charge in [0.1, 0.15) is 6.26 Å². The third kappa shape index (κ3) is 4.68. The second kappa shape index (κ2) is 8.31. The average Bonchev–Trinajstić information content (AvgIpc) is 3.26. The first kappa shape index (κ1) is 16.3. The molecule has 2 aliphatic heterocycles. The Morgan fingerprint density at radius 2 is 2.26 bits per heavy atom. The maximum atomic E-state index is 5.44. The highest BCUT2D eigenvalue weighted by atomic mass is 16.5. The molecule has 0 bridgehead atoms. The fourth-order valence-electron chi connectivity index (χ4n) is 3.03. The van der Waals surface area contributed by atoms with Gasteiger partial charge in [-0.15, -0.1) is 0 Å². The number of hydrogen-bond acceptors (Lipinski definition) is 5. The number of hydrogen-bond donors (Lipinski definition) is 1. The van der Waals surface area contributed by atoms with Crippen molar-refractivity contribution < 1.29 is 9.26 Å². The minimum atomic E-state index is 0.581. The highest BCUT2D eigenvalue weighted by Crippen LogP contribution is 2.13. The number of nitrogens with zero attached hydrogens (tertiary/aromatic N) is 4. The van der Waals surface area contributed by atoms with E-state index in [1.54, 1.807) is 6.26 Å². The minimum absolute atomic E-state index is 0.581. The molecule has 2 fully saturated rings. The second-order valence-corrected chi connectivity index (χ2v) is 6.18. The molecular formula is C16H27N5O2. The minimum Gasteiger partial charge on any atom is -0.381 e. The summed E-state index contributed by atoms with van der Waals surface area (Å²) in [6.45, 7) is 10.5. The molecule has 2 saturated heterocycles. The van der Waals surface area contributed by atoms with E-state index in [0.717, 1.165) is 77.1 Å². The summed E-state index contributed by atoms with van der Waals surface area (Å²) in [7, 11) is 0. The Hall–Kier alpha value is -1.60. The van der Waals surface area contributed by atoms with Gasteiger partial charge in [0.25, 0.3) is 0 Å². The van der Waals surface area contributed by atoms with Crippen molar-refractivity contribution in [3.05, 3.63) is 18.0 Å². The summed E-state index contributed by atoms with van der Waals surface area (Å²) >= 11 is 0. The SMILES string of the molecule is CCNC(=NCC1CCOC1)N1CCN(Cc2ccon2)CC1. The van der Waals surface area contributed by atoms with Gasteiger partial charge in [-0.1, -0.05) is 5.16 Å². The van der Waals surface area contributed by atoms with Crippen LogP contribution in [0.3, 0.4) is 0 Å². The predicted octanol–water partition coefficient (Wildman–Crippen LogP) is 0.794. The van der Waals surface area contributed by atoms with E-state index in [1.165, 1.54) is 0 Å². The first-order valence-electron chi connectivity index (χ1n) is 8.57. The zero-order chi connectivity index (χ0) is 15.9. The van der Waals surface area contributed by atoms with E-state index in [-0.39, 0.29) is 0 Å². The second-order valence-electron chi connectivity index (χ2n) is 6.18. The van der Waals surface area contributed by atoms with Crippen LogP contribution in [0.5, 0.6) is 0 Å². The van der Waals surface area contributed by atoms with Crippen LogP contribution in [0.1, 0.15) is 19.0 Å². The predicted molar refractivity (Wildman–Crippen MR) is 88.3 cm³/mol. The third-order valence-corrected chi connectivity index (χ3v) is 4.41. The molecule has 128 valence electrons. The van der Waals surface area contributed by atoms with Crippen LogP contribution in [-0.4, -0.2) is 73.4 Å². The Balaban J connectivity index is 1.49. The summed E-state index contributed by atoms with van der Waals surface area (Å²) in [5, 5.41) is 7.42. The van der Waals surface area contributed by atoms with Crippen LogP contribution in [0.25, 0.3) is 0 Å². The van der Waals surface area contributed by atoms with Crippen molar-refractivity contribution in [1.82, 2.24) is 20.3 Å². The van der Waals surface area contributed by atoms with Gasteiger partial charge in [0.15, 0.2) is 5.96 Å². The molecule has 2 aliphatic rings. The van der Waals surface area contributed by atoms with Crippen molar-refractivity contribution in [3.8, 4) is 0 Å². The number of piperazine rings is 1. The van der Waals surface area contributed by atoms with Gasteiger partial charge in [0.05, 0.1) is 12.3 Å². The van der Waals surface area contributed by atoms with Crippen LogP contribution in [0.4, 0.5) is 0 Å². The van der Waals surface area contributed by atoms with Crippen LogP contribution >= 0.6 is 0 Å². The first-order valence-corrected chi connectivity index (χ1v) is 8.57. The molecule has 0 amide bonds. The Bertz CT molecular complexity index is 477. The molecule has 1 unspecified atom stereocenters. The van der Waals surface area contributed by atoms with Crippen molar-refractivity contribution in [1.29, 1.82) is 0 Å². The summed E-state index contributed by atoms with van der Waals surface area (Å²) in [6.07, 6.45) is 2.77. The van der Waals surface area contributed by atoms with Gasteiger partial charge in [0.2, 0.25) is 0 Å². The molecule has 1 N–H and O–H groups in total. The first-order chi connectivity index (χ1) is 11.3. The van der Waals surface area contributed by atoms with Crippen LogP contribution in [-0.2, 0) is 11.3 Å². The van der Waals surface area contributed by atoms with Crippen LogP contribution in [0.15, 0.2) is 21.8 Å². The molecule has 7 nitrogen and oxygen atoms in total. The van der Waals surface area contributed by atoms with Gasteiger partial charge in [-0.2, -0.15) is 0 Å². The van der Waals surface area contributed by atoms with Gasteiger partial charge < -0.3 is 19.5 Å². The van der Waals surface area contributed by atoms with Crippen LogP contribution in [0.2, 0.25) is 0 Å². The van der Waals surface area contributed by atoms with E-state index in [2.05, 4.69) is 27.2 Å². The molecule has 3 heterocycles. The summed E-state index contributed by atoms with van der Waals surface area (Å²) in [4.78, 5) is 9.59. The lowest BCUT2D eigenvalue weighted by Gasteiger charge is -2.36. The molecule has 0 spiro atoms. The molecule has 0 aromatic carbocycles. The summed E-state index contributed by atoms with van der Waals surface area (Å²) < 4.78 is 10.3. The number of aromatic nitrogens is 1. The van der Waals surface area contributed by atoms with Gasteiger partial charge in [-0.05, 0) is 13.3 Å². The van der Waals surface area contributed by atoms with Crippen molar-refractivity contribution >= 4 is 5.96 Å². The Morgan fingerprint density at radius 3 is 2.91 bits per heavy atom. The molecule has 0 aliphatic carbocycles. The molecule has 0 radical (unpaired) electrons. The number of nitrogens with one attached hydrogen (secondary N) is 1. The molecule has 1 atom stereocenters. The number of guanidine groups is 1. The fourth-order valence-corrected chi connectivity index (χ4v) is 3.03. The molecule has 3 rings (SSSR count).